The van der Waals surface area contributed by atoms with Gasteiger partial charge in [-0.25, -0.2) is 0 Å². The number of aliphatic hydroxyl groups is 2. The maximum absolute atomic E-state index is 10.7. The van der Waals surface area contributed by atoms with E-state index in [-0.39, 0.29) is 5.41 Å². The standard InChI is InChI=1S/C15H26O2/c1-13(2)8-11-10(13)4-7-15(17)9-14(11,3)6-5-12(15)16/h10-12,16-17H,4-9H2,1-3H3/t10-,11+,12+,14+,15-/m1/s1. The lowest BCUT2D eigenvalue weighted by atomic mass is 9.46. The molecular weight excluding hydrogens is 212 g/mol. The third-order valence-electron chi connectivity index (χ3n) is 6.34. The van der Waals surface area contributed by atoms with E-state index in [1.54, 1.807) is 0 Å². The Morgan fingerprint density at radius 2 is 1.71 bits per heavy atom. The lowest BCUT2D eigenvalue weighted by Gasteiger charge is -2.59. The summed E-state index contributed by atoms with van der Waals surface area (Å²) < 4.78 is 0. The summed E-state index contributed by atoms with van der Waals surface area (Å²) in [5.74, 6) is 1.53. The zero-order chi connectivity index (χ0) is 12.5. The van der Waals surface area contributed by atoms with Crippen molar-refractivity contribution in [3.05, 3.63) is 0 Å². The average molecular weight is 238 g/mol. The molecule has 3 saturated carbocycles. The Bertz CT molecular complexity index is 338. The van der Waals surface area contributed by atoms with Gasteiger partial charge >= 0.3 is 0 Å². The highest BCUT2D eigenvalue weighted by atomic mass is 16.3. The molecule has 3 aliphatic rings. The summed E-state index contributed by atoms with van der Waals surface area (Å²) in [5.41, 5.74) is -0.0719. The first-order chi connectivity index (χ1) is 7.77. The van der Waals surface area contributed by atoms with Crippen LogP contribution >= 0.6 is 0 Å². The predicted molar refractivity (Wildman–Crippen MR) is 67.5 cm³/mol. The van der Waals surface area contributed by atoms with Gasteiger partial charge in [0.15, 0.2) is 0 Å². The molecule has 0 aromatic heterocycles. The molecule has 0 aliphatic heterocycles. The van der Waals surface area contributed by atoms with Gasteiger partial charge in [-0.05, 0) is 61.2 Å². The molecule has 98 valence electrons. The lowest BCUT2D eigenvalue weighted by molar-refractivity contribution is -0.153. The highest BCUT2D eigenvalue weighted by Gasteiger charge is 2.61. The second-order valence-electron chi connectivity index (χ2n) is 7.93. The molecule has 0 saturated heterocycles. The summed E-state index contributed by atoms with van der Waals surface area (Å²) in [6.07, 6.45) is 5.41. The van der Waals surface area contributed by atoms with Crippen LogP contribution in [0.4, 0.5) is 0 Å². The number of aliphatic hydroxyl groups excluding tert-OH is 1. The monoisotopic (exact) mass is 238 g/mol. The van der Waals surface area contributed by atoms with Crippen LogP contribution in [0, 0.1) is 22.7 Å². The first kappa shape index (κ1) is 12.0. The second kappa shape index (κ2) is 3.27. The van der Waals surface area contributed by atoms with Crippen LogP contribution in [0.1, 0.15) is 59.3 Å². The summed E-state index contributed by atoms with van der Waals surface area (Å²) in [4.78, 5) is 0. The van der Waals surface area contributed by atoms with Crippen molar-refractivity contribution in [3.8, 4) is 0 Å². The molecular formula is C15H26O2. The van der Waals surface area contributed by atoms with Gasteiger partial charge in [0.05, 0.1) is 11.7 Å². The van der Waals surface area contributed by atoms with Crippen molar-refractivity contribution in [2.75, 3.05) is 0 Å². The molecule has 0 heterocycles. The molecule has 5 atom stereocenters. The zero-order valence-electron chi connectivity index (χ0n) is 11.4. The maximum atomic E-state index is 10.7. The molecule has 17 heavy (non-hydrogen) atoms. The molecule has 0 aromatic rings. The fraction of sp³-hybridized carbons (Fsp3) is 1.00. The number of rotatable bonds is 0. The predicted octanol–water partition coefficient (Wildman–Crippen LogP) is 2.72. The Kier molecular flexibility index (Phi) is 2.30. The van der Waals surface area contributed by atoms with Crippen molar-refractivity contribution in [3.63, 3.8) is 0 Å². The third-order valence-corrected chi connectivity index (χ3v) is 6.34. The Labute approximate surface area is 104 Å². The molecule has 3 rings (SSSR count). The second-order valence-corrected chi connectivity index (χ2v) is 7.93. The molecule has 2 N–H and O–H groups in total. The van der Waals surface area contributed by atoms with E-state index in [1.807, 2.05) is 0 Å². The van der Waals surface area contributed by atoms with E-state index in [0.29, 0.717) is 5.41 Å². The van der Waals surface area contributed by atoms with Crippen molar-refractivity contribution in [1.82, 2.24) is 0 Å². The summed E-state index contributed by atoms with van der Waals surface area (Å²) in [7, 11) is 0. The van der Waals surface area contributed by atoms with E-state index in [1.165, 1.54) is 6.42 Å². The van der Waals surface area contributed by atoms with Gasteiger partial charge in [0, 0.05) is 0 Å². The van der Waals surface area contributed by atoms with Crippen molar-refractivity contribution in [2.45, 2.75) is 71.0 Å². The Morgan fingerprint density at radius 3 is 2.35 bits per heavy atom. The van der Waals surface area contributed by atoms with Gasteiger partial charge in [0.1, 0.15) is 0 Å². The minimum atomic E-state index is -0.791. The molecule has 0 spiro atoms. The first-order valence-corrected chi connectivity index (χ1v) is 7.17. The van der Waals surface area contributed by atoms with Crippen LogP contribution in [-0.2, 0) is 0 Å². The van der Waals surface area contributed by atoms with Crippen LogP contribution < -0.4 is 0 Å². The van der Waals surface area contributed by atoms with Crippen LogP contribution in [0.5, 0.6) is 0 Å². The largest absolute Gasteiger partial charge is 0.390 e. The molecule has 2 bridgehead atoms. The molecule has 0 aromatic carbocycles. The van der Waals surface area contributed by atoms with E-state index in [4.69, 9.17) is 0 Å². The third kappa shape index (κ3) is 1.53. The van der Waals surface area contributed by atoms with Gasteiger partial charge in [0.25, 0.3) is 0 Å². The van der Waals surface area contributed by atoms with Crippen LogP contribution in [0.25, 0.3) is 0 Å². The van der Waals surface area contributed by atoms with E-state index in [9.17, 15) is 10.2 Å². The normalized spacial score (nSPS) is 56.6. The molecule has 2 heteroatoms. The van der Waals surface area contributed by atoms with Gasteiger partial charge in [-0.3, -0.25) is 0 Å². The van der Waals surface area contributed by atoms with E-state index in [2.05, 4.69) is 20.8 Å². The number of fused-ring (bicyclic) bond motifs is 4. The van der Waals surface area contributed by atoms with Gasteiger partial charge in [-0.1, -0.05) is 20.8 Å². The summed E-state index contributed by atoms with van der Waals surface area (Å²) in [6.45, 7) is 7.09. The number of hydrogen-bond acceptors (Lipinski definition) is 2. The minimum Gasteiger partial charge on any atom is -0.390 e. The Balaban J connectivity index is 1.93. The van der Waals surface area contributed by atoms with Crippen molar-refractivity contribution >= 4 is 0 Å². The van der Waals surface area contributed by atoms with Crippen LogP contribution in [0.3, 0.4) is 0 Å². The Hall–Kier alpha value is -0.0800. The van der Waals surface area contributed by atoms with Gasteiger partial charge in [-0.15, -0.1) is 0 Å². The lowest BCUT2D eigenvalue weighted by Crippen LogP contribution is -2.54. The summed E-state index contributed by atoms with van der Waals surface area (Å²) in [5, 5.41) is 20.8. The molecule has 2 nitrogen and oxygen atoms in total. The van der Waals surface area contributed by atoms with Gasteiger partial charge in [0.2, 0.25) is 0 Å². The van der Waals surface area contributed by atoms with Crippen molar-refractivity contribution in [1.29, 1.82) is 0 Å². The van der Waals surface area contributed by atoms with Crippen molar-refractivity contribution in [2.24, 2.45) is 22.7 Å². The van der Waals surface area contributed by atoms with Gasteiger partial charge in [-0.2, -0.15) is 0 Å². The summed E-state index contributed by atoms with van der Waals surface area (Å²) >= 11 is 0. The molecule has 0 radical (unpaired) electrons. The zero-order valence-corrected chi connectivity index (χ0v) is 11.4. The molecule has 3 fully saturated rings. The first-order valence-electron chi connectivity index (χ1n) is 7.17. The topological polar surface area (TPSA) is 40.5 Å². The van der Waals surface area contributed by atoms with E-state index in [0.717, 1.165) is 43.9 Å². The molecule has 0 unspecified atom stereocenters. The average Bonchev–Trinajstić information content (AvgIpc) is 2.28. The number of hydrogen-bond donors (Lipinski definition) is 2. The van der Waals surface area contributed by atoms with Crippen LogP contribution in [-0.4, -0.2) is 21.9 Å². The highest BCUT2D eigenvalue weighted by Crippen LogP contribution is 2.66. The fourth-order valence-electron chi connectivity index (χ4n) is 5.19. The SMILES string of the molecule is CC1(C)C[C@H]2[C@H]1CC[C@@]1(O)C[C@]2(C)CC[C@@H]1O. The molecule has 0 amide bonds. The molecule has 3 aliphatic carbocycles. The Morgan fingerprint density at radius 1 is 1.00 bits per heavy atom. The van der Waals surface area contributed by atoms with Crippen LogP contribution in [0.2, 0.25) is 0 Å². The van der Waals surface area contributed by atoms with Crippen molar-refractivity contribution < 1.29 is 10.2 Å². The van der Waals surface area contributed by atoms with Crippen LogP contribution in [0.15, 0.2) is 0 Å². The van der Waals surface area contributed by atoms with E-state index < -0.39 is 11.7 Å². The quantitative estimate of drug-likeness (QED) is 0.681. The maximum Gasteiger partial charge on any atom is 0.0910 e. The van der Waals surface area contributed by atoms with E-state index >= 15 is 0 Å². The smallest absolute Gasteiger partial charge is 0.0910 e. The van der Waals surface area contributed by atoms with Gasteiger partial charge < -0.3 is 10.2 Å². The fourth-order valence-corrected chi connectivity index (χ4v) is 5.19. The minimum absolute atomic E-state index is 0.269. The summed E-state index contributed by atoms with van der Waals surface area (Å²) in [6, 6.07) is 0. The highest BCUT2D eigenvalue weighted by molar-refractivity contribution is 5.11.